The number of fused-ring (bicyclic) bond motifs is 1. The first kappa shape index (κ1) is 14.3. The predicted octanol–water partition coefficient (Wildman–Crippen LogP) is 2.87. The van der Waals surface area contributed by atoms with Gasteiger partial charge in [-0.25, -0.2) is 4.39 Å². The number of amides is 1. The van der Waals surface area contributed by atoms with Gasteiger partial charge in [-0.3, -0.25) is 4.79 Å². The largest absolute Gasteiger partial charge is 0.397 e. The maximum Gasteiger partial charge on any atom is 0.266 e. The van der Waals surface area contributed by atoms with Crippen molar-refractivity contribution in [2.24, 2.45) is 0 Å². The molecule has 0 saturated carbocycles. The number of carbonyl (C=O) groups is 1. The SMILES string of the molecule is COC1CCCN(C(=O)c2sc3ccc(F)cc3c2N)C1. The second-order valence-corrected chi connectivity index (χ2v) is 6.29. The van der Waals surface area contributed by atoms with Gasteiger partial charge in [-0.05, 0) is 31.0 Å². The molecule has 6 heteroatoms. The highest BCUT2D eigenvalue weighted by Crippen LogP contribution is 2.35. The second kappa shape index (κ2) is 5.61. The molecule has 1 aliphatic heterocycles. The van der Waals surface area contributed by atoms with E-state index in [4.69, 9.17) is 10.5 Å². The van der Waals surface area contributed by atoms with Crippen LogP contribution in [-0.4, -0.2) is 37.1 Å². The Morgan fingerprint density at radius 3 is 3.10 bits per heavy atom. The number of nitrogens with zero attached hydrogens (tertiary/aromatic N) is 1. The lowest BCUT2D eigenvalue weighted by atomic mass is 10.1. The predicted molar refractivity (Wildman–Crippen MR) is 82.1 cm³/mol. The van der Waals surface area contributed by atoms with Crippen LogP contribution < -0.4 is 5.73 Å². The molecule has 112 valence electrons. The molecule has 1 amide bonds. The zero-order chi connectivity index (χ0) is 15.0. The molecule has 0 spiro atoms. The summed E-state index contributed by atoms with van der Waals surface area (Å²) >= 11 is 1.32. The quantitative estimate of drug-likeness (QED) is 0.928. The number of hydrogen-bond donors (Lipinski definition) is 1. The molecule has 1 aromatic carbocycles. The van der Waals surface area contributed by atoms with E-state index < -0.39 is 0 Å². The normalized spacial score (nSPS) is 19.1. The lowest BCUT2D eigenvalue weighted by molar-refractivity contribution is 0.0272. The molecule has 3 rings (SSSR count). The third kappa shape index (κ3) is 2.61. The van der Waals surface area contributed by atoms with Crippen LogP contribution in [0.3, 0.4) is 0 Å². The molecule has 1 saturated heterocycles. The smallest absolute Gasteiger partial charge is 0.266 e. The van der Waals surface area contributed by atoms with Crippen molar-refractivity contribution in [1.82, 2.24) is 4.90 Å². The number of nitrogen functional groups attached to an aromatic ring is 1. The highest BCUT2D eigenvalue weighted by molar-refractivity contribution is 7.21. The van der Waals surface area contributed by atoms with Crippen molar-refractivity contribution >= 4 is 33.0 Å². The fraction of sp³-hybridized carbons (Fsp3) is 0.400. The molecule has 1 fully saturated rings. The molecule has 2 N–H and O–H groups in total. The Morgan fingerprint density at radius 2 is 2.33 bits per heavy atom. The van der Waals surface area contributed by atoms with Gasteiger partial charge in [0.15, 0.2) is 0 Å². The van der Waals surface area contributed by atoms with Crippen molar-refractivity contribution in [3.8, 4) is 0 Å². The number of thiophene rings is 1. The van der Waals surface area contributed by atoms with E-state index in [0.717, 1.165) is 17.5 Å². The molecule has 2 aromatic rings. The maximum absolute atomic E-state index is 13.3. The van der Waals surface area contributed by atoms with Crippen LogP contribution in [0.1, 0.15) is 22.5 Å². The number of piperidine rings is 1. The Labute approximate surface area is 126 Å². The fourth-order valence-electron chi connectivity index (χ4n) is 2.71. The van der Waals surface area contributed by atoms with Crippen LogP contribution in [0.25, 0.3) is 10.1 Å². The van der Waals surface area contributed by atoms with E-state index in [9.17, 15) is 9.18 Å². The van der Waals surface area contributed by atoms with Gasteiger partial charge < -0.3 is 15.4 Å². The average molecular weight is 308 g/mol. The Kier molecular flexibility index (Phi) is 3.82. The summed E-state index contributed by atoms with van der Waals surface area (Å²) in [6, 6.07) is 4.43. The van der Waals surface area contributed by atoms with E-state index in [1.807, 2.05) is 0 Å². The van der Waals surface area contributed by atoms with E-state index in [1.54, 1.807) is 18.1 Å². The van der Waals surface area contributed by atoms with Gasteiger partial charge in [0.05, 0.1) is 11.8 Å². The van der Waals surface area contributed by atoms with E-state index in [2.05, 4.69) is 0 Å². The highest BCUT2D eigenvalue weighted by atomic mass is 32.1. The van der Waals surface area contributed by atoms with E-state index in [-0.39, 0.29) is 17.8 Å². The molecule has 21 heavy (non-hydrogen) atoms. The van der Waals surface area contributed by atoms with Crippen LogP contribution in [0.4, 0.5) is 10.1 Å². The maximum atomic E-state index is 13.3. The first-order chi connectivity index (χ1) is 10.1. The number of halogens is 1. The molecule has 0 bridgehead atoms. The molecule has 1 atom stereocenters. The minimum absolute atomic E-state index is 0.0794. The van der Waals surface area contributed by atoms with Crippen LogP contribution in [0, 0.1) is 5.82 Å². The van der Waals surface area contributed by atoms with E-state index >= 15 is 0 Å². The fourth-order valence-corrected chi connectivity index (χ4v) is 3.78. The Bertz CT molecular complexity index is 686. The summed E-state index contributed by atoms with van der Waals surface area (Å²) < 4.78 is 19.5. The number of anilines is 1. The lowest BCUT2D eigenvalue weighted by Gasteiger charge is -2.31. The van der Waals surface area contributed by atoms with Crippen molar-refractivity contribution in [2.45, 2.75) is 18.9 Å². The Hall–Kier alpha value is -1.66. The number of likely N-dealkylation sites (tertiary alicyclic amines) is 1. The minimum atomic E-state index is -0.344. The van der Waals surface area contributed by atoms with Crippen LogP contribution in [0.2, 0.25) is 0 Å². The van der Waals surface area contributed by atoms with Crippen molar-refractivity contribution < 1.29 is 13.9 Å². The topological polar surface area (TPSA) is 55.6 Å². The minimum Gasteiger partial charge on any atom is -0.397 e. The third-order valence-corrected chi connectivity index (χ3v) is 5.06. The lowest BCUT2D eigenvalue weighted by Crippen LogP contribution is -2.42. The van der Waals surface area contributed by atoms with Gasteiger partial charge in [-0.1, -0.05) is 0 Å². The standard InChI is InChI=1S/C15H17FN2O2S/c1-20-10-3-2-6-18(8-10)15(19)14-13(17)11-7-9(16)4-5-12(11)21-14/h4-5,7,10H,2-3,6,8,17H2,1H3. The van der Waals surface area contributed by atoms with Gasteiger partial charge in [0.2, 0.25) is 0 Å². The van der Waals surface area contributed by atoms with Gasteiger partial charge in [0.1, 0.15) is 10.7 Å². The number of nitrogens with two attached hydrogens (primary N) is 1. The van der Waals surface area contributed by atoms with Crippen LogP contribution in [0.5, 0.6) is 0 Å². The van der Waals surface area contributed by atoms with Crippen molar-refractivity contribution in [1.29, 1.82) is 0 Å². The molecule has 1 aromatic heterocycles. The Balaban J connectivity index is 1.92. The summed E-state index contributed by atoms with van der Waals surface area (Å²) in [6.07, 6.45) is 1.97. The number of benzene rings is 1. The monoisotopic (exact) mass is 308 g/mol. The van der Waals surface area contributed by atoms with Crippen molar-refractivity contribution in [3.05, 3.63) is 28.9 Å². The van der Waals surface area contributed by atoms with Gasteiger partial charge in [-0.15, -0.1) is 11.3 Å². The molecular weight excluding hydrogens is 291 g/mol. The van der Waals surface area contributed by atoms with Crippen LogP contribution in [0.15, 0.2) is 18.2 Å². The molecule has 2 heterocycles. The number of carbonyl (C=O) groups excluding carboxylic acids is 1. The number of methoxy groups -OCH3 is 1. The molecular formula is C15H17FN2O2S. The first-order valence-electron chi connectivity index (χ1n) is 6.89. The Morgan fingerprint density at radius 1 is 1.52 bits per heavy atom. The zero-order valence-corrected chi connectivity index (χ0v) is 12.6. The summed E-state index contributed by atoms with van der Waals surface area (Å²) in [7, 11) is 1.66. The van der Waals surface area contributed by atoms with Gasteiger partial charge in [0, 0.05) is 30.3 Å². The summed E-state index contributed by atoms with van der Waals surface area (Å²) in [5.41, 5.74) is 6.42. The zero-order valence-electron chi connectivity index (χ0n) is 11.8. The molecule has 0 radical (unpaired) electrons. The van der Waals surface area contributed by atoms with E-state index in [1.165, 1.54) is 23.5 Å². The average Bonchev–Trinajstić information content (AvgIpc) is 2.83. The molecule has 0 aliphatic carbocycles. The summed E-state index contributed by atoms with van der Waals surface area (Å²) in [4.78, 5) is 14.9. The summed E-state index contributed by atoms with van der Waals surface area (Å²) in [5.74, 6) is -0.431. The molecule has 1 unspecified atom stereocenters. The highest BCUT2D eigenvalue weighted by Gasteiger charge is 2.27. The van der Waals surface area contributed by atoms with Crippen LogP contribution >= 0.6 is 11.3 Å². The second-order valence-electron chi connectivity index (χ2n) is 5.24. The van der Waals surface area contributed by atoms with Crippen molar-refractivity contribution in [3.63, 3.8) is 0 Å². The number of ether oxygens (including phenoxy) is 1. The van der Waals surface area contributed by atoms with Crippen molar-refractivity contribution in [2.75, 3.05) is 25.9 Å². The van der Waals surface area contributed by atoms with E-state index in [0.29, 0.717) is 29.0 Å². The van der Waals surface area contributed by atoms with Gasteiger partial charge >= 0.3 is 0 Å². The first-order valence-corrected chi connectivity index (χ1v) is 7.71. The molecule has 1 aliphatic rings. The number of rotatable bonds is 2. The van der Waals surface area contributed by atoms with Gasteiger partial charge in [-0.2, -0.15) is 0 Å². The summed E-state index contributed by atoms with van der Waals surface area (Å²) in [6.45, 7) is 1.29. The van der Waals surface area contributed by atoms with Gasteiger partial charge in [0.25, 0.3) is 5.91 Å². The third-order valence-electron chi connectivity index (χ3n) is 3.88. The van der Waals surface area contributed by atoms with Crippen LogP contribution in [-0.2, 0) is 4.74 Å². The summed E-state index contributed by atoms with van der Waals surface area (Å²) in [5, 5.41) is 0.614. The number of hydrogen-bond acceptors (Lipinski definition) is 4. The molecule has 4 nitrogen and oxygen atoms in total.